The molecule has 0 fully saturated rings. The zero-order chi connectivity index (χ0) is 15.1. The van der Waals surface area contributed by atoms with Gasteiger partial charge in [0, 0.05) is 18.7 Å². The number of fused-ring (bicyclic) bond motifs is 1. The molecule has 2 N–H and O–H groups in total. The molecule has 0 aliphatic heterocycles. The molecule has 0 atom stereocenters. The van der Waals surface area contributed by atoms with E-state index in [-0.39, 0.29) is 29.8 Å². The van der Waals surface area contributed by atoms with E-state index in [2.05, 4.69) is 4.98 Å². The standard InChI is InChI=1S/C13H14F2N2O3/c1-13(2,20)12-16-9-5-7(14)8(15)6-10(9)17(12)4-3-11(18)19/h5-6,20H,3-4H2,1-2H3,(H,18,19). The molecular formula is C13H14F2N2O3. The number of hydrogen-bond donors (Lipinski definition) is 2. The second kappa shape index (κ2) is 4.82. The van der Waals surface area contributed by atoms with Gasteiger partial charge in [-0.3, -0.25) is 4.79 Å². The van der Waals surface area contributed by atoms with Crippen molar-refractivity contribution in [2.24, 2.45) is 0 Å². The molecule has 0 spiro atoms. The first-order valence-corrected chi connectivity index (χ1v) is 6.00. The Kier molecular flexibility index (Phi) is 3.47. The largest absolute Gasteiger partial charge is 0.481 e. The van der Waals surface area contributed by atoms with Crippen molar-refractivity contribution < 1.29 is 23.8 Å². The first-order chi connectivity index (χ1) is 9.20. The number of imidazole rings is 1. The summed E-state index contributed by atoms with van der Waals surface area (Å²) in [6.45, 7) is 2.95. The fourth-order valence-electron chi connectivity index (χ4n) is 2.02. The highest BCUT2D eigenvalue weighted by Crippen LogP contribution is 2.26. The van der Waals surface area contributed by atoms with Crippen molar-refractivity contribution in [3.63, 3.8) is 0 Å². The van der Waals surface area contributed by atoms with Gasteiger partial charge in [0.2, 0.25) is 0 Å². The average molecular weight is 284 g/mol. The zero-order valence-electron chi connectivity index (χ0n) is 11.0. The highest BCUT2D eigenvalue weighted by Gasteiger charge is 2.25. The van der Waals surface area contributed by atoms with Crippen molar-refractivity contribution in [2.75, 3.05) is 0 Å². The number of nitrogens with zero attached hydrogens (tertiary/aromatic N) is 2. The van der Waals surface area contributed by atoms with Crippen LogP contribution in [0, 0.1) is 11.6 Å². The summed E-state index contributed by atoms with van der Waals surface area (Å²) >= 11 is 0. The van der Waals surface area contributed by atoms with Crippen LogP contribution in [0.5, 0.6) is 0 Å². The first-order valence-electron chi connectivity index (χ1n) is 6.00. The number of carbonyl (C=O) groups is 1. The molecule has 1 aromatic carbocycles. The molecule has 1 heterocycles. The van der Waals surface area contributed by atoms with Crippen LogP contribution in [0.25, 0.3) is 11.0 Å². The minimum Gasteiger partial charge on any atom is -0.481 e. The van der Waals surface area contributed by atoms with Gasteiger partial charge in [0.1, 0.15) is 11.4 Å². The van der Waals surface area contributed by atoms with Crippen molar-refractivity contribution >= 4 is 17.0 Å². The van der Waals surface area contributed by atoms with Crippen molar-refractivity contribution in [1.29, 1.82) is 0 Å². The van der Waals surface area contributed by atoms with E-state index in [4.69, 9.17) is 5.11 Å². The Morgan fingerprint density at radius 2 is 1.95 bits per heavy atom. The van der Waals surface area contributed by atoms with Gasteiger partial charge in [0.05, 0.1) is 17.5 Å². The smallest absolute Gasteiger partial charge is 0.305 e. The third-order valence-corrected chi connectivity index (χ3v) is 2.89. The summed E-state index contributed by atoms with van der Waals surface area (Å²) in [6.07, 6.45) is -0.215. The van der Waals surface area contributed by atoms with E-state index in [1.165, 1.54) is 18.4 Å². The third-order valence-electron chi connectivity index (χ3n) is 2.89. The molecule has 0 aliphatic carbocycles. The van der Waals surface area contributed by atoms with Gasteiger partial charge in [0.15, 0.2) is 11.6 Å². The van der Waals surface area contributed by atoms with Crippen LogP contribution in [0.1, 0.15) is 26.1 Å². The number of aryl methyl sites for hydroxylation is 1. The molecule has 20 heavy (non-hydrogen) atoms. The molecule has 0 amide bonds. The lowest BCUT2D eigenvalue weighted by molar-refractivity contribution is -0.137. The maximum atomic E-state index is 13.3. The van der Waals surface area contributed by atoms with Crippen LogP contribution in [-0.2, 0) is 16.9 Å². The molecule has 5 nitrogen and oxygen atoms in total. The molecule has 0 saturated heterocycles. The number of carboxylic acids is 1. The third kappa shape index (κ3) is 2.62. The molecule has 0 saturated carbocycles. The molecule has 2 rings (SSSR count). The van der Waals surface area contributed by atoms with Crippen LogP contribution in [0.3, 0.4) is 0 Å². The van der Waals surface area contributed by atoms with Crippen LogP contribution in [0.15, 0.2) is 12.1 Å². The molecule has 7 heteroatoms. The van der Waals surface area contributed by atoms with E-state index in [9.17, 15) is 18.7 Å². The number of aromatic nitrogens is 2. The van der Waals surface area contributed by atoms with E-state index in [0.29, 0.717) is 0 Å². The maximum Gasteiger partial charge on any atom is 0.305 e. The van der Waals surface area contributed by atoms with Crippen molar-refractivity contribution in [3.8, 4) is 0 Å². The zero-order valence-corrected chi connectivity index (χ0v) is 11.0. The van der Waals surface area contributed by atoms with Crippen LogP contribution in [-0.4, -0.2) is 25.7 Å². The van der Waals surface area contributed by atoms with E-state index in [1.54, 1.807) is 0 Å². The summed E-state index contributed by atoms with van der Waals surface area (Å²) in [6, 6.07) is 1.88. The summed E-state index contributed by atoms with van der Waals surface area (Å²) in [5.74, 6) is -2.95. The number of rotatable bonds is 4. The monoisotopic (exact) mass is 284 g/mol. The van der Waals surface area contributed by atoms with Crippen LogP contribution >= 0.6 is 0 Å². The number of carboxylic acid groups (broad SMARTS) is 1. The Hall–Kier alpha value is -2.02. The van der Waals surface area contributed by atoms with Gasteiger partial charge < -0.3 is 14.8 Å². The lowest BCUT2D eigenvalue weighted by Gasteiger charge is -2.18. The second-order valence-corrected chi connectivity index (χ2v) is 5.04. The average Bonchev–Trinajstić information content (AvgIpc) is 2.65. The number of hydrogen-bond acceptors (Lipinski definition) is 3. The molecule has 0 radical (unpaired) electrons. The molecule has 0 unspecified atom stereocenters. The maximum absolute atomic E-state index is 13.3. The molecule has 0 bridgehead atoms. The van der Waals surface area contributed by atoms with E-state index >= 15 is 0 Å². The van der Waals surface area contributed by atoms with Crippen LogP contribution in [0.4, 0.5) is 8.78 Å². The molecule has 2 aromatic rings. The Morgan fingerprint density at radius 1 is 1.35 bits per heavy atom. The SMILES string of the molecule is CC(C)(O)c1nc2cc(F)c(F)cc2n1CCC(=O)O. The Balaban J connectivity index is 2.65. The fraction of sp³-hybridized carbons (Fsp3) is 0.385. The highest BCUT2D eigenvalue weighted by molar-refractivity contribution is 5.77. The summed E-state index contributed by atoms with van der Waals surface area (Å²) in [5.41, 5.74) is -0.932. The van der Waals surface area contributed by atoms with Gasteiger partial charge in [-0.1, -0.05) is 0 Å². The van der Waals surface area contributed by atoms with E-state index < -0.39 is 23.2 Å². The summed E-state index contributed by atoms with van der Waals surface area (Å²) < 4.78 is 28.0. The lowest BCUT2D eigenvalue weighted by atomic mass is 10.1. The van der Waals surface area contributed by atoms with Gasteiger partial charge in [-0.25, -0.2) is 13.8 Å². The minimum absolute atomic E-state index is 0.0101. The predicted octanol–water partition coefficient (Wildman–Crippen LogP) is 2.02. The summed E-state index contributed by atoms with van der Waals surface area (Å²) in [5, 5.41) is 18.8. The highest BCUT2D eigenvalue weighted by atomic mass is 19.2. The topological polar surface area (TPSA) is 75.4 Å². The Labute approximate surface area is 113 Å². The molecule has 1 aromatic heterocycles. The van der Waals surface area contributed by atoms with Crippen molar-refractivity contribution in [2.45, 2.75) is 32.4 Å². The van der Waals surface area contributed by atoms with Crippen LogP contribution < -0.4 is 0 Å². The quantitative estimate of drug-likeness (QED) is 0.900. The molecule has 0 aliphatic rings. The van der Waals surface area contributed by atoms with Gasteiger partial charge in [-0.15, -0.1) is 0 Å². The van der Waals surface area contributed by atoms with E-state index in [1.807, 2.05) is 0 Å². The van der Waals surface area contributed by atoms with Gasteiger partial charge >= 0.3 is 5.97 Å². The van der Waals surface area contributed by atoms with Crippen molar-refractivity contribution in [3.05, 3.63) is 29.6 Å². The van der Waals surface area contributed by atoms with Gasteiger partial charge in [-0.05, 0) is 13.8 Å². The number of benzene rings is 1. The molecule has 108 valence electrons. The predicted molar refractivity (Wildman–Crippen MR) is 67.1 cm³/mol. The minimum atomic E-state index is -1.36. The number of aliphatic hydroxyl groups is 1. The number of aliphatic carboxylic acids is 1. The second-order valence-electron chi connectivity index (χ2n) is 5.04. The fourth-order valence-corrected chi connectivity index (χ4v) is 2.02. The number of halogens is 2. The van der Waals surface area contributed by atoms with E-state index in [0.717, 1.165) is 12.1 Å². The Bertz CT molecular complexity index is 674. The van der Waals surface area contributed by atoms with Gasteiger partial charge in [-0.2, -0.15) is 0 Å². The summed E-state index contributed by atoms with van der Waals surface area (Å²) in [7, 11) is 0. The van der Waals surface area contributed by atoms with Crippen molar-refractivity contribution in [1.82, 2.24) is 9.55 Å². The first kappa shape index (κ1) is 14.4. The molecular weight excluding hydrogens is 270 g/mol. The van der Waals surface area contributed by atoms with Gasteiger partial charge in [0.25, 0.3) is 0 Å². The van der Waals surface area contributed by atoms with Crippen LogP contribution in [0.2, 0.25) is 0 Å². The Morgan fingerprint density at radius 3 is 2.50 bits per heavy atom. The summed E-state index contributed by atoms with van der Waals surface area (Å²) in [4.78, 5) is 14.8. The lowest BCUT2D eigenvalue weighted by Crippen LogP contribution is -2.23. The normalized spacial score (nSPS) is 12.1.